The number of benzene rings is 2. The highest BCUT2D eigenvalue weighted by molar-refractivity contribution is 8.00. The Kier molecular flexibility index (Phi) is 6.98. The highest BCUT2D eigenvalue weighted by atomic mass is 32.2. The van der Waals surface area contributed by atoms with E-state index < -0.39 is 5.54 Å². The van der Waals surface area contributed by atoms with E-state index in [0.29, 0.717) is 18.1 Å². The molecule has 4 rings (SSSR count). The van der Waals surface area contributed by atoms with Gasteiger partial charge in [0, 0.05) is 38.0 Å². The lowest BCUT2D eigenvalue weighted by molar-refractivity contribution is -0.149. The average molecular weight is 438 g/mol. The van der Waals surface area contributed by atoms with Crippen molar-refractivity contribution >= 4 is 23.6 Å². The number of hydrogen-bond acceptors (Lipinski definition) is 4. The number of carbonyl (C=O) groups excluding carboxylic acids is 2. The third-order valence-electron chi connectivity index (χ3n) is 6.37. The number of likely N-dealkylation sites (tertiary alicyclic amines) is 1. The zero-order chi connectivity index (χ0) is 21.7. The molecule has 0 aromatic heterocycles. The summed E-state index contributed by atoms with van der Waals surface area (Å²) in [6.07, 6.45) is 1.82. The molecule has 0 saturated carbocycles. The molecule has 2 aliphatic rings. The van der Waals surface area contributed by atoms with Crippen molar-refractivity contribution in [3.63, 3.8) is 0 Å². The van der Waals surface area contributed by atoms with Crippen LogP contribution in [0.25, 0.3) is 0 Å². The number of nitrogens with one attached hydrogen (secondary N) is 1. The fourth-order valence-electron chi connectivity index (χ4n) is 4.68. The van der Waals surface area contributed by atoms with Crippen LogP contribution in [-0.2, 0) is 22.7 Å². The van der Waals surface area contributed by atoms with E-state index in [1.165, 1.54) is 5.56 Å². The van der Waals surface area contributed by atoms with Gasteiger partial charge >= 0.3 is 0 Å². The molecule has 0 bridgehead atoms. The summed E-state index contributed by atoms with van der Waals surface area (Å²) in [6, 6.07) is 20.5. The predicted molar refractivity (Wildman–Crippen MR) is 126 cm³/mol. The Hall–Kier alpha value is -2.31. The van der Waals surface area contributed by atoms with Crippen molar-refractivity contribution in [2.75, 3.05) is 24.6 Å². The summed E-state index contributed by atoms with van der Waals surface area (Å²) in [4.78, 5) is 30.6. The molecule has 2 heterocycles. The number of rotatable bonds is 6. The Morgan fingerprint density at radius 3 is 2.29 bits per heavy atom. The maximum absolute atomic E-state index is 13.3. The minimum absolute atomic E-state index is 0.0522. The summed E-state index contributed by atoms with van der Waals surface area (Å²) in [5, 5.41) is 3.08. The quantitative estimate of drug-likeness (QED) is 0.753. The average Bonchev–Trinajstić information content (AvgIpc) is 2.80. The van der Waals surface area contributed by atoms with E-state index in [0.717, 1.165) is 38.0 Å². The molecule has 0 spiro atoms. The van der Waals surface area contributed by atoms with Crippen molar-refractivity contribution in [1.29, 1.82) is 0 Å². The fourth-order valence-corrected chi connectivity index (χ4v) is 5.76. The van der Waals surface area contributed by atoms with Crippen molar-refractivity contribution < 1.29 is 9.59 Å². The second-order valence-corrected chi connectivity index (χ2v) is 9.68. The summed E-state index contributed by atoms with van der Waals surface area (Å²) in [5.41, 5.74) is 1.58. The van der Waals surface area contributed by atoms with Crippen LogP contribution in [0.5, 0.6) is 0 Å². The molecule has 2 aromatic rings. The van der Waals surface area contributed by atoms with Crippen molar-refractivity contribution in [3.8, 4) is 0 Å². The van der Waals surface area contributed by atoms with Crippen LogP contribution in [0.15, 0.2) is 60.7 Å². The largest absolute Gasteiger partial charge is 0.350 e. The van der Waals surface area contributed by atoms with Crippen LogP contribution in [0.3, 0.4) is 0 Å². The van der Waals surface area contributed by atoms with Crippen molar-refractivity contribution in [2.24, 2.45) is 0 Å². The Labute approximate surface area is 189 Å². The standard InChI is InChI=1S/C25H31N3O2S/c1-25(24(30)26-16-20-8-4-2-5-9-20)19-31-18-23(29)28(25)22-12-14-27(15-13-22)17-21-10-6-3-7-11-21/h2-11,22H,12-19H2,1H3,(H,26,30). The van der Waals surface area contributed by atoms with Gasteiger partial charge in [-0.25, -0.2) is 0 Å². The molecular formula is C25H31N3O2S. The molecule has 1 atom stereocenters. The van der Waals surface area contributed by atoms with Gasteiger partial charge in [-0.2, -0.15) is 0 Å². The molecule has 164 valence electrons. The number of thioether (sulfide) groups is 1. The number of piperidine rings is 1. The van der Waals surface area contributed by atoms with Crippen LogP contribution < -0.4 is 5.32 Å². The van der Waals surface area contributed by atoms with E-state index in [4.69, 9.17) is 0 Å². The smallest absolute Gasteiger partial charge is 0.246 e. The van der Waals surface area contributed by atoms with Crippen LogP contribution in [0.2, 0.25) is 0 Å². The van der Waals surface area contributed by atoms with Gasteiger partial charge in [0.15, 0.2) is 0 Å². The maximum atomic E-state index is 13.3. The first-order valence-corrected chi connectivity index (χ1v) is 12.2. The maximum Gasteiger partial charge on any atom is 0.246 e. The van der Waals surface area contributed by atoms with E-state index in [-0.39, 0.29) is 17.9 Å². The summed E-state index contributed by atoms with van der Waals surface area (Å²) in [6.45, 7) is 5.24. The number of carbonyl (C=O) groups is 2. The highest BCUT2D eigenvalue weighted by Gasteiger charge is 2.48. The number of nitrogens with zero attached hydrogens (tertiary/aromatic N) is 2. The van der Waals surface area contributed by atoms with Crippen molar-refractivity contribution in [3.05, 3.63) is 71.8 Å². The zero-order valence-electron chi connectivity index (χ0n) is 18.1. The third kappa shape index (κ3) is 5.13. The molecule has 0 aliphatic carbocycles. The molecule has 2 aliphatic heterocycles. The van der Waals surface area contributed by atoms with Crippen LogP contribution >= 0.6 is 11.8 Å². The zero-order valence-corrected chi connectivity index (χ0v) is 18.9. The number of amides is 2. The van der Waals surface area contributed by atoms with Gasteiger partial charge in [-0.1, -0.05) is 60.7 Å². The molecule has 2 fully saturated rings. The van der Waals surface area contributed by atoms with Gasteiger partial charge in [-0.05, 0) is 30.9 Å². The van der Waals surface area contributed by atoms with Crippen LogP contribution in [0.4, 0.5) is 0 Å². The lowest BCUT2D eigenvalue weighted by atomic mass is 9.93. The van der Waals surface area contributed by atoms with Gasteiger partial charge in [0.2, 0.25) is 11.8 Å². The summed E-state index contributed by atoms with van der Waals surface area (Å²) in [5.74, 6) is 1.15. The molecule has 1 unspecified atom stereocenters. The summed E-state index contributed by atoms with van der Waals surface area (Å²) >= 11 is 1.57. The van der Waals surface area contributed by atoms with E-state index in [9.17, 15) is 9.59 Å². The Bertz CT molecular complexity index is 884. The topological polar surface area (TPSA) is 52.7 Å². The Balaban J connectivity index is 1.40. The fraction of sp³-hybridized carbons (Fsp3) is 0.440. The van der Waals surface area contributed by atoms with Crippen molar-refractivity contribution in [2.45, 2.75) is 44.4 Å². The highest BCUT2D eigenvalue weighted by Crippen LogP contribution is 2.33. The van der Waals surface area contributed by atoms with Crippen molar-refractivity contribution in [1.82, 2.24) is 15.1 Å². The van der Waals surface area contributed by atoms with Crippen LogP contribution in [0.1, 0.15) is 30.9 Å². The molecule has 1 N–H and O–H groups in total. The SMILES string of the molecule is CC1(C(=O)NCc2ccccc2)CSCC(=O)N1C1CCN(Cc2ccccc2)CC1. The Morgan fingerprint density at radius 2 is 1.65 bits per heavy atom. The number of hydrogen-bond donors (Lipinski definition) is 1. The van der Waals surface area contributed by atoms with Gasteiger partial charge in [0.25, 0.3) is 0 Å². The van der Waals surface area contributed by atoms with Gasteiger partial charge in [0.1, 0.15) is 5.54 Å². The molecule has 6 heteroatoms. The monoisotopic (exact) mass is 437 g/mol. The molecule has 5 nitrogen and oxygen atoms in total. The summed E-state index contributed by atoms with van der Waals surface area (Å²) in [7, 11) is 0. The molecule has 2 saturated heterocycles. The van der Waals surface area contributed by atoms with Gasteiger partial charge in [-0.3, -0.25) is 14.5 Å². The van der Waals surface area contributed by atoms with E-state index in [1.54, 1.807) is 11.8 Å². The van der Waals surface area contributed by atoms with Crippen LogP contribution in [0, 0.1) is 0 Å². The molecular weight excluding hydrogens is 406 g/mol. The first-order valence-electron chi connectivity index (χ1n) is 11.0. The van der Waals surface area contributed by atoms with Crippen LogP contribution in [-0.4, -0.2) is 57.8 Å². The normalized spacial score (nSPS) is 23.0. The Morgan fingerprint density at radius 1 is 1.03 bits per heavy atom. The second kappa shape index (κ2) is 9.88. The first kappa shape index (κ1) is 21.9. The molecule has 31 heavy (non-hydrogen) atoms. The lowest BCUT2D eigenvalue weighted by Gasteiger charge is -2.49. The van der Waals surface area contributed by atoms with E-state index in [1.807, 2.05) is 48.2 Å². The van der Waals surface area contributed by atoms with E-state index >= 15 is 0 Å². The van der Waals surface area contributed by atoms with Gasteiger partial charge < -0.3 is 10.2 Å². The second-order valence-electron chi connectivity index (χ2n) is 8.69. The minimum Gasteiger partial charge on any atom is -0.350 e. The molecule has 2 aromatic carbocycles. The van der Waals surface area contributed by atoms with Gasteiger partial charge in [-0.15, -0.1) is 11.8 Å². The lowest BCUT2D eigenvalue weighted by Crippen LogP contribution is -2.67. The van der Waals surface area contributed by atoms with Gasteiger partial charge in [0.05, 0.1) is 5.75 Å². The molecule has 0 radical (unpaired) electrons. The first-order chi connectivity index (χ1) is 15.1. The predicted octanol–water partition coefficient (Wildman–Crippen LogP) is 3.30. The molecule has 2 amide bonds. The minimum atomic E-state index is -0.805. The third-order valence-corrected chi connectivity index (χ3v) is 7.58. The summed E-state index contributed by atoms with van der Waals surface area (Å²) < 4.78 is 0. The van der Waals surface area contributed by atoms with E-state index in [2.05, 4.69) is 34.5 Å².